The molecule has 1 unspecified atom stereocenters. The Morgan fingerprint density at radius 1 is 1.50 bits per heavy atom. The number of benzene rings is 1. The van der Waals surface area contributed by atoms with Crippen molar-refractivity contribution >= 4 is 5.97 Å². The van der Waals surface area contributed by atoms with Gasteiger partial charge in [0.2, 0.25) is 0 Å². The Kier molecular flexibility index (Phi) is 3.30. The standard InChI is InChI=1S/C14H19NO3/c1-14(2,13(17)18-3)15-12-7-4-9-8-10(16)5-6-11(9)12/h5-6,8,12,15-16H,4,7H2,1-3H3. The fourth-order valence-electron chi connectivity index (χ4n) is 2.50. The molecule has 0 aliphatic heterocycles. The van der Waals surface area contributed by atoms with Gasteiger partial charge in [-0.1, -0.05) is 6.07 Å². The number of hydrogen-bond acceptors (Lipinski definition) is 4. The molecule has 0 heterocycles. The molecule has 0 fully saturated rings. The molecular weight excluding hydrogens is 230 g/mol. The van der Waals surface area contributed by atoms with E-state index in [-0.39, 0.29) is 12.0 Å². The van der Waals surface area contributed by atoms with Crippen molar-refractivity contribution in [3.8, 4) is 5.75 Å². The fraction of sp³-hybridized carbons (Fsp3) is 0.500. The summed E-state index contributed by atoms with van der Waals surface area (Å²) < 4.78 is 4.79. The van der Waals surface area contributed by atoms with Crippen molar-refractivity contribution in [2.45, 2.75) is 38.3 Å². The summed E-state index contributed by atoms with van der Waals surface area (Å²) in [5.74, 6) is 0.0244. The van der Waals surface area contributed by atoms with Gasteiger partial charge in [0, 0.05) is 6.04 Å². The second-order valence-electron chi connectivity index (χ2n) is 5.24. The molecule has 1 aliphatic rings. The molecule has 2 rings (SSSR count). The van der Waals surface area contributed by atoms with Crippen LogP contribution in [0.15, 0.2) is 18.2 Å². The van der Waals surface area contributed by atoms with Crippen LogP contribution in [0.4, 0.5) is 0 Å². The van der Waals surface area contributed by atoms with Crippen LogP contribution in [0.3, 0.4) is 0 Å². The van der Waals surface area contributed by atoms with Gasteiger partial charge in [0.15, 0.2) is 0 Å². The van der Waals surface area contributed by atoms with Gasteiger partial charge in [-0.3, -0.25) is 10.1 Å². The highest BCUT2D eigenvalue weighted by Gasteiger charge is 2.34. The number of nitrogens with one attached hydrogen (secondary N) is 1. The average Bonchev–Trinajstić information content (AvgIpc) is 2.69. The van der Waals surface area contributed by atoms with Gasteiger partial charge in [-0.2, -0.15) is 0 Å². The third-order valence-corrected chi connectivity index (χ3v) is 3.44. The van der Waals surface area contributed by atoms with Crippen LogP contribution in [0, 0.1) is 0 Å². The zero-order chi connectivity index (χ0) is 13.3. The minimum absolute atomic E-state index is 0.134. The monoisotopic (exact) mass is 249 g/mol. The van der Waals surface area contributed by atoms with Gasteiger partial charge >= 0.3 is 5.97 Å². The van der Waals surface area contributed by atoms with E-state index < -0.39 is 5.54 Å². The molecule has 0 aromatic heterocycles. The van der Waals surface area contributed by atoms with E-state index in [2.05, 4.69) is 5.32 Å². The Balaban J connectivity index is 2.17. The maximum Gasteiger partial charge on any atom is 0.325 e. The zero-order valence-electron chi connectivity index (χ0n) is 11.0. The summed E-state index contributed by atoms with van der Waals surface area (Å²) >= 11 is 0. The summed E-state index contributed by atoms with van der Waals surface area (Å²) in [5, 5.41) is 12.8. The topological polar surface area (TPSA) is 58.6 Å². The highest BCUT2D eigenvalue weighted by molar-refractivity contribution is 5.79. The maximum absolute atomic E-state index is 11.7. The molecule has 0 amide bonds. The van der Waals surface area contributed by atoms with Crippen molar-refractivity contribution in [2.75, 3.05) is 7.11 Å². The van der Waals surface area contributed by atoms with Crippen molar-refractivity contribution in [2.24, 2.45) is 0 Å². The molecule has 0 spiro atoms. The molecule has 2 N–H and O–H groups in total. The van der Waals surface area contributed by atoms with Gasteiger partial charge in [-0.05, 0) is 49.9 Å². The summed E-state index contributed by atoms with van der Waals surface area (Å²) in [6, 6.07) is 5.53. The number of rotatable bonds is 3. The van der Waals surface area contributed by atoms with Crippen LogP contribution in [0.2, 0.25) is 0 Å². The zero-order valence-corrected chi connectivity index (χ0v) is 11.0. The predicted molar refractivity (Wildman–Crippen MR) is 68.4 cm³/mol. The molecule has 1 aliphatic carbocycles. The van der Waals surface area contributed by atoms with E-state index in [1.165, 1.54) is 7.11 Å². The Hall–Kier alpha value is -1.55. The minimum atomic E-state index is -0.709. The molecule has 0 saturated carbocycles. The van der Waals surface area contributed by atoms with Gasteiger partial charge in [-0.25, -0.2) is 0 Å². The van der Waals surface area contributed by atoms with Crippen LogP contribution >= 0.6 is 0 Å². The van der Waals surface area contributed by atoms with E-state index in [4.69, 9.17) is 4.74 Å². The summed E-state index contributed by atoms with van der Waals surface area (Å²) in [6.07, 6.45) is 1.85. The number of aromatic hydroxyl groups is 1. The molecule has 98 valence electrons. The predicted octanol–water partition coefficient (Wildman–Crippen LogP) is 1.92. The van der Waals surface area contributed by atoms with Crippen LogP contribution in [-0.4, -0.2) is 23.7 Å². The summed E-state index contributed by atoms with van der Waals surface area (Å²) in [7, 11) is 1.40. The second-order valence-corrected chi connectivity index (χ2v) is 5.24. The minimum Gasteiger partial charge on any atom is -0.508 e. The van der Waals surface area contributed by atoms with E-state index in [1.807, 2.05) is 19.9 Å². The average molecular weight is 249 g/mol. The van der Waals surface area contributed by atoms with Crippen molar-refractivity contribution in [3.63, 3.8) is 0 Å². The van der Waals surface area contributed by atoms with Crippen molar-refractivity contribution < 1.29 is 14.6 Å². The number of phenolic OH excluding ortho intramolecular Hbond substituents is 1. The number of esters is 1. The number of hydrogen-bond donors (Lipinski definition) is 2. The summed E-state index contributed by atoms with van der Waals surface area (Å²) in [4.78, 5) is 11.7. The van der Waals surface area contributed by atoms with Crippen LogP contribution in [0.25, 0.3) is 0 Å². The maximum atomic E-state index is 11.7. The van der Waals surface area contributed by atoms with E-state index >= 15 is 0 Å². The Bertz CT molecular complexity index is 468. The summed E-state index contributed by atoms with van der Waals surface area (Å²) in [6.45, 7) is 3.63. The van der Waals surface area contributed by atoms with Crippen LogP contribution in [-0.2, 0) is 16.0 Å². The molecule has 1 aromatic carbocycles. The van der Waals surface area contributed by atoms with Crippen LogP contribution in [0.5, 0.6) is 5.75 Å². The number of fused-ring (bicyclic) bond motifs is 1. The van der Waals surface area contributed by atoms with Gasteiger partial charge in [0.1, 0.15) is 11.3 Å². The number of carbonyl (C=O) groups is 1. The molecule has 0 saturated heterocycles. The third kappa shape index (κ3) is 2.34. The Morgan fingerprint density at radius 2 is 2.22 bits per heavy atom. The van der Waals surface area contributed by atoms with Gasteiger partial charge in [0.25, 0.3) is 0 Å². The van der Waals surface area contributed by atoms with Crippen molar-refractivity contribution in [1.82, 2.24) is 5.32 Å². The highest BCUT2D eigenvalue weighted by atomic mass is 16.5. The van der Waals surface area contributed by atoms with Gasteiger partial charge in [0.05, 0.1) is 7.11 Å². The molecule has 18 heavy (non-hydrogen) atoms. The number of phenols is 1. The number of aryl methyl sites for hydroxylation is 1. The molecule has 4 heteroatoms. The molecule has 4 nitrogen and oxygen atoms in total. The SMILES string of the molecule is COC(=O)C(C)(C)NC1CCc2cc(O)ccc21. The van der Waals surface area contributed by atoms with Crippen molar-refractivity contribution in [3.05, 3.63) is 29.3 Å². The van der Waals surface area contributed by atoms with E-state index in [0.717, 1.165) is 24.0 Å². The Labute approximate surface area is 107 Å². The highest BCUT2D eigenvalue weighted by Crippen LogP contribution is 2.34. The lowest BCUT2D eigenvalue weighted by molar-refractivity contribution is -0.147. The first kappa shape index (κ1) is 12.9. The first-order valence-corrected chi connectivity index (χ1v) is 6.12. The van der Waals surface area contributed by atoms with E-state index in [0.29, 0.717) is 5.75 Å². The van der Waals surface area contributed by atoms with Crippen molar-refractivity contribution in [1.29, 1.82) is 0 Å². The number of ether oxygens (including phenoxy) is 1. The normalized spacial score (nSPS) is 18.5. The molecule has 1 atom stereocenters. The fourth-order valence-corrected chi connectivity index (χ4v) is 2.50. The first-order chi connectivity index (χ1) is 8.44. The lowest BCUT2D eigenvalue weighted by Gasteiger charge is -2.27. The number of carbonyl (C=O) groups excluding carboxylic acids is 1. The van der Waals surface area contributed by atoms with E-state index in [1.54, 1.807) is 12.1 Å². The van der Waals surface area contributed by atoms with Gasteiger partial charge in [-0.15, -0.1) is 0 Å². The second kappa shape index (κ2) is 4.61. The lowest BCUT2D eigenvalue weighted by atomic mass is 10.0. The molecule has 0 bridgehead atoms. The molecular formula is C14H19NO3. The van der Waals surface area contributed by atoms with Gasteiger partial charge < -0.3 is 9.84 Å². The molecule has 1 aromatic rings. The van der Waals surface area contributed by atoms with Crippen LogP contribution in [0.1, 0.15) is 37.4 Å². The largest absolute Gasteiger partial charge is 0.508 e. The Morgan fingerprint density at radius 3 is 2.89 bits per heavy atom. The quantitative estimate of drug-likeness (QED) is 0.804. The number of methoxy groups -OCH3 is 1. The third-order valence-electron chi connectivity index (χ3n) is 3.44. The first-order valence-electron chi connectivity index (χ1n) is 6.12. The summed E-state index contributed by atoms with van der Waals surface area (Å²) in [5.41, 5.74) is 1.59. The van der Waals surface area contributed by atoms with Crippen LogP contribution < -0.4 is 5.32 Å². The molecule has 0 radical (unpaired) electrons. The lowest BCUT2D eigenvalue weighted by Crippen LogP contribution is -2.48. The smallest absolute Gasteiger partial charge is 0.325 e. The van der Waals surface area contributed by atoms with E-state index in [9.17, 15) is 9.90 Å².